The third kappa shape index (κ3) is 3.88. The molecule has 5 rings (SSSR count). The second-order valence-corrected chi connectivity index (χ2v) is 8.91. The number of aromatic nitrogens is 3. The number of aryl methyl sites for hydroxylation is 2. The minimum atomic E-state index is 0.376. The second kappa shape index (κ2) is 8.00. The molecule has 2 saturated heterocycles. The number of nitrogens with zero attached hydrogens (tertiary/aromatic N) is 6. The van der Waals surface area contributed by atoms with Crippen LogP contribution >= 0.6 is 0 Å². The third-order valence-corrected chi connectivity index (χ3v) is 6.90. The van der Waals surface area contributed by atoms with Crippen molar-refractivity contribution in [3.8, 4) is 0 Å². The highest BCUT2D eigenvalue weighted by Gasteiger charge is 2.31. The van der Waals surface area contributed by atoms with Crippen molar-refractivity contribution in [3.05, 3.63) is 47.2 Å². The average Bonchev–Trinajstić information content (AvgIpc) is 3.20. The van der Waals surface area contributed by atoms with Gasteiger partial charge in [-0.2, -0.15) is 0 Å². The van der Waals surface area contributed by atoms with Crippen molar-refractivity contribution in [1.29, 1.82) is 0 Å². The number of pyridine rings is 1. The molecule has 2 aliphatic heterocycles. The zero-order valence-electron chi connectivity index (χ0n) is 17.7. The van der Waals surface area contributed by atoms with E-state index in [9.17, 15) is 0 Å². The largest absolute Gasteiger partial charge is 0.354 e. The predicted molar refractivity (Wildman–Crippen MR) is 115 cm³/mol. The summed E-state index contributed by atoms with van der Waals surface area (Å²) in [7, 11) is 2.21. The minimum absolute atomic E-state index is 0.376. The average molecular weight is 393 g/mol. The lowest BCUT2D eigenvalue weighted by Gasteiger charge is -2.38. The van der Waals surface area contributed by atoms with Crippen molar-refractivity contribution in [3.63, 3.8) is 0 Å². The van der Waals surface area contributed by atoms with Crippen LogP contribution in [0.1, 0.15) is 54.5 Å². The SMILES string of the molecule is Cc1nc(CN(C)[C@H]2CCCc3cccnc32)cc(N2CCN3CCC[C@@H]3C2)n1. The smallest absolute Gasteiger partial charge is 0.132 e. The third-order valence-electron chi connectivity index (χ3n) is 6.90. The first-order chi connectivity index (χ1) is 14.2. The fraction of sp³-hybridized carbons (Fsp3) is 0.609. The van der Waals surface area contributed by atoms with Gasteiger partial charge < -0.3 is 4.90 Å². The monoisotopic (exact) mass is 392 g/mol. The maximum Gasteiger partial charge on any atom is 0.132 e. The lowest BCUT2D eigenvalue weighted by Crippen LogP contribution is -2.50. The summed E-state index contributed by atoms with van der Waals surface area (Å²) >= 11 is 0. The highest BCUT2D eigenvalue weighted by Crippen LogP contribution is 2.33. The minimum Gasteiger partial charge on any atom is -0.354 e. The predicted octanol–water partition coefficient (Wildman–Crippen LogP) is 2.97. The number of hydrogen-bond acceptors (Lipinski definition) is 6. The van der Waals surface area contributed by atoms with Crippen molar-refractivity contribution >= 4 is 5.82 Å². The van der Waals surface area contributed by atoms with Gasteiger partial charge in [0.25, 0.3) is 0 Å². The molecule has 0 saturated carbocycles. The van der Waals surface area contributed by atoms with Gasteiger partial charge in [-0.25, -0.2) is 9.97 Å². The van der Waals surface area contributed by atoms with Crippen molar-refractivity contribution in [2.24, 2.45) is 0 Å². The second-order valence-electron chi connectivity index (χ2n) is 8.91. The topological polar surface area (TPSA) is 48.4 Å². The Bertz CT molecular complexity index is 868. The van der Waals surface area contributed by atoms with Crippen molar-refractivity contribution in [2.75, 3.05) is 38.1 Å². The molecule has 0 radical (unpaired) electrons. The highest BCUT2D eigenvalue weighted by atomic mass is 15.3. The molecule has 2 aromatic rings. The standard InChI is InChI=1S/C23H32N6/c1-17-25-19(14-22(26-17)29-13-12-28-11-5-8-20(28)16-29)15-27(2)21-9-3-6-18-7-4-10-24-23(18)21/h4,7,10,14,20-21H,3,5-6,8-9,11-13,15-16H2,1-2H3/t20-,21+/m1/s1. The van der Waals surface area contributed by atoms with E-state index in [1.54, 1.807) is 0 Å². The summed E-state index contributed by atoms with van der Waals surface area (Å²) in [5, 5.41) is 0. The van der Waals surface area contributed by atoms with Gasteiger partial charge in [-0.1, -0.05) is 6.07 Å². The molecule has 3 aliphatic rings. The van der Waals surface area contributed by atoms with E-state index in [2.05, 4.69) is 39.9 Å². The van der Waals surface area contributed by atoms with Crippen molar-refractivity contribution in [1.82, 2.24) is 24.8 Å². The quantitative estimate of drug-likeness (QED) is 0.797. The van der Waals surface area contributed by atoms with E-state index in [0.717, 1.165) is 49.9 Å². The van der Waals surface area contributed by atoms with E-state index in [1.807, 2.05) is 13.1 Å². The first kappa shape index (κ1) is 18.9. The number of rotatable bonds is 4. The van der Waals surface area contributed by atoms with Gasteiger partial charge >= 0.3 is 0 Å². The normalized spacial score (nSPS) is 24.6. The van der Waals surface area contributed by atoms with Gasteiger partial charge in [0.15, 0.2) is 0 Å². The van der Waals surface area contributed by atoms with Crippen LogP contribution in [0.2, 0.25) is 0 Å². The summed E-state index contributed by atoms with van der Waals surface area (Å²) in [6.45, 7) is 7.46. The zero-order valence-corrected chi connectivity index (χ0v) is 17.7. The first-order valence-corrected chi connectivity index (χ1v) is 11.1. The fourth-order valence-corrected chi connectivity index (χ4v) is 5.43. The highest BCUT2D eigenvalue weighted by molar-refractivity contribution is 5.41. The maximum absolute atomic E-state index is 4.79. The molecular weight excluding hydrogens is 360 g/mol. The molecular formula is C23H32N6. The molecule has 6 nitrogen and oxygen atoms in total. The summed E-state index contributed by atoms with van der Waals surface area (Å²) in [5.74, 6) is 1.98. The summed E-state index contributed by atoms with van der Waals surface area (Å²) in [4.78, 5) is 21.8. The van der Waals surface area contributed by atoms with E-state index < -0.39 is 0 Å². The molecule has 0 spiro atoms. The Morgan fingerprint density at radius 2 is 2.07 bits per heavy atom. The van der Waals surface area contributed by atoms with Gasteiger partial charge in [0.05, 0.1) is 17.4 Å². The Morgan fingerprint density at radius 1 is 1.14 bits per heavy atom. The van der Waals surface area contributed by atoms with Crippen LogP contribution in [0, 0.1) is 6.92 Å². The molecule has 0 amide bonds. The Labute approximate surface area is 174 Å². The van der Waals surface area contributed by atoms with E-state index in [0.29, 0.717) is 12.1 Å². The Morgan fingerprint density at radius 3 is 3.00 bits per heavy atom. The zero-order chi connectivity index (χ0) is 19.8. The summed E-state index contributed by atoms with van der Waals surface area (Å²) in [6, 6.07) is 7.59. The number of piperazine rings is 1. The van der Waals surface area contributed by atoms with Gasteiger partial charge in [0.2, 0.25) is 0 Å². The summed E-state index contributed by atoms with van der Waals surface area (Å²) in [5.41, 5.74) is 3.78. The Kier molecular flexibility index (Phi) is 5.22. The molecule has 0 aromatic carbocycles. The number of hydrogen-bond donors (Lipinski definition) is 0. The molecule has 6 heteroatoms. The van der Waals surface area contributed by atoms with Gasteiger partial charge in [0.1, 0.15) is 11.6 Å². The van der Waals surface area contributed by atoms with Gasteiger partial charge in [-0.3, -0.25) is 14.8 Å². The maximum atomic E-state index is 4.79. The Balaban J connectivity index is 1.33. The van der Waals surface area contributed by atoms with Gasteiger partial charge in [0, 0.05) is 44.5 Å². The van der Waals surface area contributed by atoms with Crippen LogP contribution in [-0.4, -0.2) is 64.0 Å². The van der Waals surface area contributed by atoms with E-state index in [-0.39, 0.29) is 0 Å². The molecule has 2 fully saturated rings. The van der Waals surface area contributed by atoms with E-state index in [4.69, 9.17) is 15.0 Å². The molecule has 2 atom stereocenters. The Hall–Kier alpha value is -2.05. The lowest BCUT2D eigenvalue weighted by molar-refractivity contribution is 0.206. The fourth-order valence-electron chi connectivity index (χ4n) is 5.43. The van der Waals surface area contributed by atoms with Gasteiger partial charge in [-0.15, -0.1) is 0 Å². The molecule has 154 valence electrons. The van der Waals surface area contributed by atoms with Crippen LogP contribution in [-0.2, 0) is 13.0 Å². The van der Waals surface area contributed by atoms with Crippen LogP contribution in [0.5, 0.6) is 0 Å². The molecule has 1 aliphatic carbocycles. The first-order valence-electron chi connectivity index (χ1n) is 11.1. The van der Waals surface area contributed by atoms with Crippen molar-refractivity contribution < 1.29 is 0 Å². The van der Waals surface area contributed by atoms with Crippen LogP contribution in [0.4, 0.5) is 5.82 Å². The summed E-state index contributed by atoms with van der Waals surface area (Å²) < 4.78 is 0. The molecule has 0 N–H and O–H groups in total. The van der Waals surface area contributed by atoms with E-state index >= 15 is 0 Å². The van der Waals surface area contributed by atoms with Crippen LogP contribution in [0.3, 0.4) is 0 Å². The van der Waals surface area contributed by atoms with Crippen LogP contribution in [0.25, 0.3) is 0 Å². The number of anilines is 1. The lowest BCUT2D eigenvalue weighted by atomic mass is 9.91. The van der Waals surface area contributed by atoms with E-state index in [1.165, 1.54) is 43.5 Å². The van der Waals surface area contributed by atoms with Crippen LogP contribution in [0.15, 0.2) is 24.4 Å². The summed E-state index contributed by atoms with van der Waals surface area (Å²) in [6.07, 6.45) is 8.14. The van der Waals surface area contributed by atoms with Crippen LogP contribution < -0.4 is 4.90 Å². The number of fused-ring (bicyclic) bond motifs is 2. The molecule has 0 unspecified atom stereocenters. The molecule has 29 heavy (non-hydrogen) atoms. The van der Waals surface area contributed by atoms with Gasteiger partial charge in [-0.05, 0) is 64.3 Å². The molecule has 0 bridgehead atoms. The molecule has 2 aromatic heterocycles. The van der Waals surface area contributed by atoms with Crippen molar-refractivity contribution in [2.45, 2.75) is 57.7 Å². The molecule has 4 heterocycles.